The number of pyridine rings is 1. The Morgan fingerprint density at radius 2 is 2.24 bits per heavy atom. The van der Waals surface area contributed by atoms with E-state index in [2.05, 4.69) is 9.71 Å². The SMILES string of the molecule is CC(O)CNS(=O)(=O)c1ccc([N+](=O)[O-])nc1. The molecule has 1 atom stereocenters. The van der Waals surface area contributed by atoms with Gasteiger partial charge in [0.15, 0.2) is 6.20 Å². The molecule has 1 aromatic rings. The Morgan fingerprint density at radius 1 is 1.59 bits per heavy atom. The lowest BCUT2D eigenvalue weighted by atomic mass is 10.4. The lowest BCUT2D eigenvalue weighted by molar-refractivity contribution is -0.389. The molecule has 0 aliphatic carbocycles. The summed E-state index contributed by atoms with van der Waals surface area (Å²) in [4.78, 5) is 12.8. The average molecular weight is 261 g/mol. The minimum atomic E-state index is -3.79. The number of nitrogens with zero attached hydrogens (tertiary/aromatic N) is 2. The van der Waals surface area contributed by atoms with E-state index in [0.717, 1.165) is 18.3 Å². The molecule has 0 bridgehead atoms. The molecule has 17 heavy (non-hydrogen) atoms. The maximum absolute atomic E-state index is 11.6. The van der Waals surface area contributed by atoms with E-state index < -0.39 is 26.9 Å². The molecule has 9 heteroatoms. The summed E-state index contributed by atoms with van der Waals surface area (Å²) in [5.74, 6) is -0.431. The molecule has 0 saturated heterocycles. The number of aliphatic hydroxyl groups excluding tert-OH is 1. The fourth-order valence-electron chi connectivity index (χ4n) is 0.953. The molecule has 1 heterocycles. The van der Waals surface area contributed by atoms with E-state index in [-0.39, 0.29) is 11.4 Å². The zero-order chi connectivity index (χ0) is 13.1. The molecular weight excluding hydrogens is 250 g/mol. The fraction of sp³-hybridized carbons (Fsp3) is 0.375. The van der Waals surface area contributed by atoms with Crippen molar-refractivity contribution in [1.82, 2.24) is 9.71 Å². The second kappa shape index (κ2) is 5.17. The van der Waals surface area contributed by atoms with Gasteiger partial charge in [-0.2, -0.15) is 0 Å². The highest BCUT2D eigenvalue weighted by Gasteiger charge is 2.18. The summed E-state index contributed by atoms with van der Waals surface area (Å²) in [6.07, 6.45) is 0.0680. The van der Waals surface area contributed by atoms with Crippen molar-refractivity contribution in [3.8, 4) is 0 Å². The normalized spacial score (nSPS) is 13.3. The van der Waals surface area contributed by atoms with Crippen molar-refractivity contribution < 1.29 is 18.4 Å². The van der Waals surface area contributed by atoms with Gasteiger partial charge in [-0.3, -0.25) is 0 Å². The minimum Gasteiger partial charge on any atom is -0.392 e. The molecule has 0 aliphatic heterocycles. The Bertz CT molecular complexity index is 496. The zero-order valence-corrected chi connectivity index (χ0v) is 9.72. The molecule has 1 rings (SSSR count). The van der Waals surface area contributed by atoms with Crippen molar-refractivity contribution in [2.75, 3.05) is 6.54 Å². The van der Waals surface area contributed by atoms with Crippen molar-refractivity contribution in [2.24, 2.45) is 0 Å². The van der Waals surface area contributed by atoms with Crippen molar-refractivity contribution in [3.05, 3.63) is 28.4 Å². The van der Waals surface area contributed by atoms with Gasteiger partial charge < -0.3 is 15.2 Å². The highest BCUT2D eigenvalue weighted by molar-refractivity contribution is 7.89. The third-order valence-electron chi connectivity index (χ3n) is 1.79. The van der Waals surface area contributed by atoms with Crippen molar-refractivity contribution >= 4 is 15.8 Å². The Balaban J connectivity index is 2.89. The molecular formula is C8H11N3O5S. The molecule has 0 saturated carbocycles. The van der Waals surface area contributed by atoms with E-state index in [1.807, 2.05) is 0 Å². The molecule has 0 spiro atoms. The molecule has 0 amide bonds. The predicted octanol–water partition coefficient (Wildman–Crippen LogP) is -0.351. The van der Waals surface area contributed by atoms with E-state index in [9.17, 15) is 18.5 Å². The fourth-order valence-corrected chi connectivity index (χ4v) is 2.02. The van der Waals surface area contributed by atoms with Crippen LogP contribution in [0.3, 0.4) is 0 Å². The molecule has 8 nitrogen and oxygen atoms in total. The second-order valence-electron chi connectivity index (χ2n) is 3.31. The topological polar surface area (TPSA) is 122 Å². The van der Waals surface area contributed by atoms with E-state index in [1.54, 1.807) is 0 Å². The summed E-state index contributed by atoms with van der Waals surface area (Å²) in [6.45, 7) is 1.29. The van der Waals surface area contributed by atoms with E-state index in [1.165, 1.54) is 6.92 Å². The molecule has 1 unspecified atom stereocenters. The van der Waals surface area contributed by atoms with Gasteiger partial charge in [0.05, 0.1) is 6.10 Å². The van der Waals surface area contributed by atoms with Gasteiger partial charge >= 0.3 is 5.82 Å². The molecule has 1 aromatic heterocycles. The lowest BCUT2D eigenvalue weighted by Crippen LogP contribution is -2.30. The number of sulfonamides is 1. The van der Waals surface area contributed by atoms with E-state index in [4.69, 9.17) is 5.11 Å². The Labute approximate surface area is 97.5 Å². The number of nitrogens with one attached hydrogen (secondary N) is 1. The molecule has 94 valence electrons. The second-order valence-corrected chi connectivity index (χ2v) is 5.08. The first-order valence-electron chi connectivity index (χ1n) is 4.61. The number of nitro groups is 1. The third-order valence-corrected chi connectivity index (χ3v) is 3.20. The van der Waals surface area contributed by atoms with Crippen LogP contribution in [0.15, 0.2) is 23.2 Å². The smallest absolute Gasteiger partial charge is 0.363 e. The quantitative estimate of drug-likeness (QED) is 0.551. The Hall–Kier alpha value is -1.58. The van der Waals surface area contributed by atoms with Gasteiger partial charge in [-0.1, -0.05) is 0 Å². The monoisotopic (exact) mass is 261 g/mol. The molecule has 2 N–H and O–H groups in total. The summed E-state index contributed by atoms with van der Waals surface area (Å²) in [7, 11) is -3.79. The first-order chi connectivity index (χ1) is 7.83. The highest BCUT2D eigenvalue weighted by Crippen LogP contribution is 2.11. The molecule has 0 fully saturated rings. The summed E-state index contributed by atoms with van der Waals surface area (Å²) >= 11 is 0. The van der Waals surface area contributed by atoms with Crippen LogP contribution in [0.25, 0.3) is 0 Å². The summed E-state index contributed by atoms with van der Waals surface area (Å²) < 4.78 is 25.3. The number of rotatable bonds is 5. The average Bonchev–Trinajstić information content (AvgIpc) is 2.27. The maximum atomic E-state index is 11.6. The lowest BCUT2D eigenvalue weighted by Gasteiger charge is -2.06. The van der Waals surface area contributed by atoms with Crippen molar-refractivity contribution in [1.29, 1.82) is 0 Å². The van der Waals surface area contributed by atoms with Crippen LogP contribution < -0.4 is 4.72 Å². The van der Waals surface area contributed by atoms with Gasteiger partial charge in [-0.15, -0.1) is 0 Å². The summed E-state index contributed by atoms with van der Waals surface area (Å²) in [5.41, 5.74) is 0. The van der Waals surface area contributed by atoms with Crippen LogP contribution in [0.5, 0.6) is 0 Å². The first-order valence-corrected chi connectivity index (χ1v) is 6.09. The van der Waals surface area contributed by atoms with Crippen molar-refractivity contribution in [3.63, 3.8) is 0 Å². The molecule has 0 aromatic carbocycles. The third kappa shape index (κ3) is 3.73. The minimum absolute atomic E-state index is 0.140. The van der Waals surface area contributed by atoms with Crippen LogP contribution in [-0.2, 0) is 10.0 Å². The highest BCUT2D eigenvalue weighted by atomic mass is 32.2. The van der Waals surface area contributed by atoms with Crippen LogP contribution in [0, 0.1) is 10.1 Å². The maximum Gasteiger partial charge on any atom is 0.363 e. The van der Waals surface area contributed by atoms with Crippen LogP contribution >= 0.6 is 0 Å². The zero-order valence-electron chi connectivity index (χ0n) is 8.90. The number of hydrogen-bond acceptors (Lipinski definition) is 6. The van der Waals surface area contributed by atoms with Gasteiger partial charge in [0, 0.05) is 12.6 Å². The van der Waals surface area contributed by atoms with Crippen LogP contribution in [0.1, 0.15) is 6.92 Å². The van der Waals surface area contributed by atoms with Crippen LogP contribution in [0.4, 0.5) is 5.82 Å². The summed E-state index contributed by atoms with van der Waals surface area (Å²) in [6, 6.07) is 2.08. The first kappa shape index (κ1) is 13.5. The van der Waals surface area contributed by atoms with Gasteiger partial charge in [0.25, 0.3) is 0 Å². The predicted molar refractivity (Wildman–Crippen MR) is 57.8 cm³/mol. The van der Waals surface area contributed by atoms with Crippen LogP contribution in [-0.4, -0.2) is 36.1 Å². The van der Waals surface area contributed by atoms with E-state index >= 15 is 0 Å². The van der Waals surface area contributed by atoms with Gasteiger partial charge in [-0.25, -0.2) is 13.1 Å². The summed E-state index contributed by atoms with van der Waals surface area (Å²) in [5, 5.41) is 19.3. The number of aliphatic hydroxyl groups is 1. The standard InChI is InChI=1S/C8H11N3O5S/c1-6(12)4-10-17(15,16)7-2-3-8(9-5-7)11(13)14/h2-3,5-6,10,12H,4H2,1H3. The molecule has 0 radical (unpaired) electrons. The number of aromatic nitrogens is 1. The number of hydrogen-bond donors (Lipinski definition) is 2. The van der Waals surface area contributed by atoms with Crippen LogP contribution in [0.2, 0.25) is 0 Å². The molecule has 0 aliphatic rings. The largest absolute Gasteiger partial charge is 0.392 e. The Morgan fingerprint density at radius 3 is 2.65 bits per heavy atom. The van der Waals surface area contributed by atoms with Crippen molar-refractivity contribution in [2.45, 2.75) is 17.9 Å². The Kier molecular flexibility index (Phi) is 4.10. The van der Waals surface area contributed by atoms with Gasteiger partial charge in [0.2, 0.25) is 10.0 Å². The van der Waals surface area contributed by atoms with Gasteiger partial charge in [0.1, 0.15) is 4.90 Å². The van der Waals surface area contributed by atoms with Gasteiger partial charge in [-0.05, 0) is 22.9 Å². The van der Waals surface area contributed by atoms with E-state index in [0.29, 0.717) is 0 Å².